The van der Waals surface area contributed by atoms with Crippen molar-refractivity contribution in [2.24, 2.45) is 4.99 Å². The SMILES string of the molecule is COCC(C)N=C(NC(=O)c1ccc(F)c(F)c1)Nc1cccc(=O)[nH]1. The first-order chi connectivity index (χ1) is 12.4. The number of hydrogen-bond acceptors (Lipinski definition) is 4. The normalized spacial score (nSPS) is 12.5. The number of nitrogens with zero attached hydrogens (tertiary/aromatic N) is 1. The van der Waals surface area contributed by atoms with Crippen LogP contribution in [0.15, 0.2) is 46.2 Å². The molecule has 0 saturated carbocycles. The Morgan fingerprint density at radius 2 is 2.04 bits per heavy atom. The predicted molar refractivity (Wildman–Crippen MR) is 93.3 cm³/mol. The maximum absolute atomic E-state index is 13.3. The summed E-state index contributed by atoms with van der Waals surface area (Å²) in [6.45, 7) is 2.04. The number of carbonyl (C=O) groups is 1. The molecule has 1 amide bonds. The molecule has 0 fully saturated rings. The van der Waals surface area contributed by atoms with Gasteiger partial charge < -0.3 is 15.0 Å². The molecule has 26 heavy (non-hydrogen) atoms. The summed E-state index contributed by atoms with van der Waals surface area (Å²) in [5, 5.41) is 5.25. The minimum Gasteiger partial charge on any atom is -0.382 e. The number of amides is 1. The monoisotopic (exact) mass is 364 g/mol. The van der Waals surface area contributed by atoms with E-state index >= 15 is 0 Å². The smallest absolute Gasteiger partial charge is 0.258 e. The van der Waals surface area contributed by atoms with E-state index in [-0.39, 0.29) is 29.7 Å². The molecular formula is C17H18F2N4O3. The number of nitrogens with one attached hydrogen (secondary N) is 3. The zero-order valence-corrected chi connectivity index (χ0v) is 14.2. The third-order valence-electron chi connectivity index (χ3n) is 3.19. The third kappa shape index (κ3) is 5.49. The minimum absolute atomic E-state index is 0.0196. The third-order valence-corrected chi connectivity index (χ3v) is 3.19. The van der Waals surface area contributed by atoms with E-state index in [2.05, 4.69) is 20.6 Å². The van der Waals surface area contributed by atoms with Crippen LogP contribution < -0.4 is 16.2 Å². The number of aromatic amines is 1. The molecule has 0 radical (unpaired) electrons. The Morgan fingerprint density at radius 1 is 1.27 bits per heavy atom. The summed E-state index contributed by atoms with van der Waals surface area (Å²) in [4.78, 5) is 30.5. The van der Waals surface area contributed by atoms with Crippen LogP contribution >= 0.6 is 0 Å². The van der Waals surface area contributed by atoms with Crippen molar-refractivity contribution in [3.05, 3.63) is 63.9 Å². The highest BCUT2D eigenvalue weighted by molar-refractivity contribution is 6.09. The van der Waals surface area contributed by atoms with E-state index in [9.17, 15) is 18.4 Å². The molecule has 0 aliphatic heterocycles. The lowest BCUT2D eigenvalue weighted by molar-refractivity contribution is 0.0976. The molecule has 1 unspecified atom stereocenters. The second-order valence-corrected chi connectivity index (χ2v) is 5.42. The summed E-state index contributed by atoms with van der Waals surface area (Å²) in [5.41, 5.74) is -0.425. The summed E-state index contributed by atoms with van der Waals surface area (Å²) in [7, 11) is 1.51. The number of aromatic nitrogens is 1. The molecule has 7 nitrogen and oxygen atoms in total. The fourth-order valence-corrected chi connectivity index (χ4v) is 2.06. The van der Waals surface area contributed by atoms with E-state index in [0.29, 0.717) is 5.82 Å². The molecule has 0 aliphatic carbocycles. The number of aliphatic imine (C=N–C) groups is 1. The van der Waals surface area contributed by atoms with Crippen LogP contribution in [-0.4, -0.2) is 36.6 Å². The van der Waals surface area contributed by atoms with E-state index < -0.39 is 17.5 Å². The Balaban J connectivity index is 2.23. The molecule has 1 aromatic heterocycles. The first-order valence-corrected chi connectivity index (χ1v) is 7.68. The number of pyridine rings is 1. The second kappa shape index (κ2) is 8.86. The Labute approximate surface area is 148 Å². The quantitative estimate of drug-likeness (QED) is 0.558. The molecule has 0 bridgehead atoms. The van der Waals surface area contributed by atoms with Crippen LogP contribution in [0.4, 0.5) is 14.6 Å². The Bertz CT molecular complexity index is 867. The van der Waals surface area contributed by atoms with Gasteiger partial charge in [0.05, 0.1) is 12.6 Å². The lowest BCUT2D eigenvalue weighted by atomic mass is 10.2. The number of methoxy groups -OCH3 is 1. The van der Waals surface area contributed by atoms with E-state index in [1.54, 1.807) is 13.0 Å². The summed E-state index contributed by atoms with van der Waals surface area (Å²) >= 11 is 0. The van der Waals surface area contributed by atoms with Gasteiger partial charge >= 0.3 is 0 Å². The van der Waals surface area contributed by atoms with Gasteiger partial charge in [-0.05, 0) is 31.2 Å². The average molecular weight is 364 g/mol. The van der Waals surface area contributed by atoms with Crippen molar-refractivity contribution in [1.82, 2.24) is 10.3 Å². The fraction of sp³-hybridized carbons (Fsp3) is 0.235. The van der Waals surface area contributed by atoms with Crippen LogP contribution in [0.2, 0.25) is 0 Å². The van der Waals surface area contributed by atoms with Crippen molar-refractivity contribution >= 4 is 17.7 Å². The molecule has 0 aliphatic rings. The summed E-state index contributed by atoms with van der Waals surface area (Å²) < 4.78 is 31.3. The molecule has 1 heterocycles. The number of hydrogen-bond donors (Lipinski definition) is 3. The van der Waals surface area contributed by atoms with Gasteiger partial charge in [-0.15, -0.1) is 0 Å². The number of rotatable bonds is 5. The number of benzene rings is 1. The maximum Gasteiger partial charge on any atom is 0.258 e. The van der Waals surface area contributed by atoms with Crippen molar-refractivity contribution in [2.75, 3.05) is 19.0 Å². The Hall–Kier alpha value is -3.07. The van der Waals surface area contributed by atoms with E-state index in [4.69, 9.17) is 4.74 Å². The molecular weight excluding hydrogens is 346 g/mol. The van der Waals surface area contributed by atoms with Gasteiger partial charge in [-0.1, -0.05) is 6.07 Å². The number of halogens is 2. The molecule has 1 aromatic carbocycles. The van der Waals surface area contributed by atoms with Crippen molar-refractivity contribution in [3.63, 3.8) is 0 Å². The van der Waals surface area contributed by atoms with E-state index in [1.807, 2.05) is 0 Å². The molecule has 1 atom stereocenters. The zero-order chi connectivity index (χ0) is 19.1. The van der Waals surface area contributed by atoms with Gasteiger partial charge in [0.2, 0.25) is 11.5 Å². The van der Waals surface area contributed by atoms with Gasteiger partial charge in [0.1, 0.15) is 5.82 Å². The van der Waals surface area contributed by atoms with Crippen LogP contribution in [0, 0.1) is 11.6 Å². The molecule has 138 valence electrons. The Morgan fingerprint density at radius 3 is 2.69 bits per heavy atom. The summed E-state index contributed by atoms with van der Waals surface area (Å²) in [5.74, 6) is -2.57. The van der Waals surface area contributed by atoms with Crippen molar-refractivity contribution in [3.8, 4) is 0 Å². The van der Waals surface area contributed by atoms with Crippen LogP contribution in [0.5, 0.6) is 0 Å². The Kier molecular flexibility index (Phi) is 6.56. The zero-order valence-electron chi connectivity index (χ0n) is 14.2. The summed E-state index contributed by atoms with van der Waals surface area (Å²) in [6, 6.07) is 6.89. The van der Waals surface area contributed by atoms with Gasteiger partial charge in [-0.2, -0.15) is 0 Å². The average Bonchev–Trinajstić information content (AvgIpc) is 2.57. The summed E-state index contributed by atoms with van der Waals surface area (Å²) in [6.07, 6.45) is 0. The van der Waals surface area contributed by atoms with Crippen LogP contribution in [0.3, 0.4) is 0 Å². The molecule has 2 rings (SSSR count). The van der Waals surface area contributed by atoms with Crippen molar-refractivity contribution in [1.29, 1.82) is 0 Å². The van der Waals surface area contributed by atoms with Crippen LogP contribution in [0.25, 0.3) is 0 Å². The highest BCUT2D eigenvalue weighted by Gasteiger charge is 2.13. The number of anilines is 1. The second-order valence-electron chi connectivity index (χ2n) is 5.42. The van der Waals surface area contributed by atoms with Crippen LogP contribution in [0.1, 0.15) is 17.3 Å². The van der Waals surface area contributed by atoms with Crippen molar-refractivity contribution < 1.29 is 18.3 Å². The number of ether oxygens (including phenoxy) is 1. The first-order valence-electron chi connectivity index (χ1n) is 7.68. The maximum atomic E-state index is 13.3. The van der Waals surface area contributed by atoms with E-state index in [0.717, 1.165) is 18.2 Å². The molecule has 2 aromatic rings. The standard InChI is InChI=1S/C17H18F2N4O3/c1-10(9-26-2)20-17(22-14-4-3-5-15(24)21-14)23-16(25)11-6-7-12(18)13(19)8-11/h3-8,10H,9H2,1-2H3,(H3,20,21,22,23,24,25). The number of carbonyl (C=O) groups excluding carboxylic acids is 1. The largest absolute Gasteiger partial charge is 0.382 e. The highest BCUT2D eigenvalue weighted by Crippen LogP contribution is 2.09. The topological polar surface area (TPSA) is 95.6 Å². The van der Waals surface area contributed by atoms with Gasteiger partial charge in [0.15, 0.2) is 11.6 Å². The van der Waals surface area contributed by atoms with Gasteiger partial charge in [-0.3, -0.25) is 14.9 Å². The molecule has 0 saturated heterocycles. The lowest BCUT2D eigenvalue weighted by Gasteiger charge is -2.14. The first kappa shape index (κ1) is 19.3. The number of guanidine groups is 1. The van der Waals surface area contributed by atoms with Gasteiger partial charge in [-0.25, -0.2) is 13.8 Å². The van der Waals surface area contributed by atoms with E-state index in [1.165, 1.54) is 19.2 Å². The van der Waals surface area contributed by atoms with Crippen LogP contribution in [-0.2, 0) is 4.74 Å². The molecule has 0 spiro atoms. The highest BCUT2D eigenvalue weighted by atomic mass is 19.2. The minimum atomic E-state index is -1.13. The predicted octanol–water partition coefficient (Wildman–Crippen LogP) is 1.89. The number of H-pyrrole nitrogens is 1. The molecule has 3 N–H and O–H groups in total. The van der Waals surface area contributed by atoms with Crippen molar-refractivity contribution in [2.45, 2.75) is 13.0 Å². The fourth-order valence-electron chi connectivity index (χ4n) is 2.06. The lowest BCUT2D eigenvalue weighted by Crippen LogP contribution is -2.37. The molecule has 9 heteroatoms. The van der Waals surface area contributed by atoms with Gasteiger partial charge in [0, 0.05) is 18.7 Å². The van der Waals surface area contributed by atoms with Gasteiger partial charge in [0.25, 0.3) is 5.91 Å².